The lowest BCUT2D eigenvalue weighted by atomic mass is 9.78. The quantitative estimate of drug-likeness (QED) is 0.267. The summed E-state index contributed by atoms with van der Waals surface area (Å²) in [7, 11) is 1.37. The number of hydrogen-bond donors (Lipinski definition) is 1. The van der Waals surface area contributed by atoms with Crippen molar-refractivity contribution in [2.45, 2.75) is 55.6 Å². The molecule has 0 saturated carbocycles. The van der Waals surface area contributed by atoms with Crippen molar-refractivity contribution in [1.82, 2.24) is 5.06 Å². The Hall–Kier alpha value is -1.08. The van der Waals surface area contributed by atoms with Crippen LogP contribution in [0, 0.1) is 11.8 Å². The SMILES string of the molecule is CN(O)C(=O)CCCCOC[C@@H]1[C@H](CCSc2ccccc2)[C@@H]2CC[C@H]1O2. The Morgan fingerprint density at radius 3 is 2.70 bits per heavy atom. The molecule has 0 unspecified atom stereocenters. The predicted molar refractivity (Wildman–Crippen MR) is 106 cm³/mol. The van der Waals surface area contributed by atoms with Gasteiger partial charge in [-0.15, -0.1) is 11.8 Å². The number of thioether (sulfide) groups is 1. The fourth-order valence-electron chi connectivity index (χ4n) is 4.19. The van der Waals surface area contributed by atoms with E-state index in [1.807, 2.05) is 11.8 Å². The molecule has 150 valence electrons. The van der Waals surface area contributed by atoms with Gasteiger partial charge in [-0.1, -0.05) is 18.2 Å². The molecule has 2 fully saturated rings. The molecule has 1 N–H and O–H groups in total. The molecule has 0 aromatic heterocycles. The largest absolute Gasteiger partial charge is 0.381 e. The highest BCUT2D eigenvalue weighted by Gasteiger charge is 2.48. The smallest absolute Gasteiger partial charge is 0.245 e. The van der Waals surface area contributed by atoms with E-state index in [4.69, 9.17) is 14.7 Å². The number of unbranched alkanes of at least 4 members (excludes halogenated alkanes) is 1. The number of hydroxylamine groups is 2. The maximum Gasteiger partial charge on any atom is 0.245 e. The van der Waals surface area contributed by atoms with Crippen molar-refractivity contribution in [3.05, 3.63) is 30.3 Å². The minimum Gasteiger partial charge on any atom is -0.381 e. The van der Waals surface area contributed by atoms with E-state index in [0.717, 1.165) is 25.2 Å². The van der Waals surface area contributed by atoms with Crippen molar-refractivity contribution in [3.8, 4) is 0 Å². The molecule has 6 heteroatoms. The van der Waals surface area contributed by atoms with Crippen LogP contribution in [0.5, 0.6) is 0 Å². The van der Waals surface area contributed by atoms with Crippen LogP contribution < -0.4 is 0 Å². The summed E-state index contributed by atoms with van der Waals surface area (Å²) >= 11 is 1.92. The van der Waals surface area contributed by atoms with Gasteiger partial charge in [0.05, 0.1) is 18.8 Å². The second-order valence-electron chi connectivity index (χ2n) is 7.52. The van der Waals surface area contributed by atoms with Gasteiger partial charge >= 0.3 is 0 Å². The maximum absolute atomic E-state index is 11.3. The zero-order valence-corrected chi connectivity index (χ0v) is 16.9. The first-order valence-electron chi connectivity index (χ1n) is 10.0. The number of fused-ring (bicyclic) bond motifs is 2. The normalized spacial score (nSPS) is 26.4. The lowest BCUT2D eigenvalue weighted by molar-refractivity contribution is -0.159. The molecule has 0 radical (unpaired) electrons. The average Bonchev–Trinajstić information content (AvgIpc) is 3.27. The molecular weight excluding hydrogens is 362 g/mol. The van der Waals surface area contributed by atoms with Gasteiger partial charge in [0.2, 0.25) is 5.91 Å². The third-order valence-electron chi connectivity index (χ3n) is 5.65. The van der Waals surface area contributed by atoms with Gasteiger partial charge < -0.3 is 9.47 Å². The van der Waals surface area contributed by atoms with E-state index in [1.165, 1.54) is 31.2 Å². The predicted octanol–water partition coefficient (Wildman–Crippen LogP) is 4.00. The summed E-state index contributed by atoms with van der Waals surface area (Å²) in [6, 6.07) is 10.6. The molecule has 0 spiro atoms. The van der Waals surface area contributed by atoms with Crippen molar-refractivity contribution in [3.63, 3.8) is 0 Å². The first-order chi connectivity index (χ1) is 13.1. The van der Waals surface area contributed by atoms with Crippen LogP contribution in [0.4, 0.5) is 0 Å². The van der Waals surface area contributed by atoms with Gasteiger partial charge in [-0.25, -0.2) is 5.06 Å². The summed E-state index contributed by atoms with van der Waals surface area (Å²) in [6.45, 7) is 1.43. The van der Waals surface area contributed by atoms with Crippen molar-refractivity contribution in [2.24, 2.45) is 11.8 Å². The summed E-state index contributed by atoms with van der Waals surface area (Å²) < 4.78 is 12.1. The number of hydrogen-bond acceptors (Lipinski definition) is 5. The van der Waals surface area contributed by atoms with Crippen molar-refractivity contribution < 1.29 is 19.5 Å². The molecule has 0 aliphatic carbocycles. The Morgan fingerprint density at radius 1 is 1.22 bits per heavy atom. The number of carbonyl (C=O) groups is 1. The Morgan fingerprint density at radius 2 is 1.96 bits per heavy atom. The van der Waals surface area contributed by atoms with E-state index < -0.39 is 0 Å². The van der Waals surface area contributed by atoms with Crippen LogP contribution in [0.3, 0.4) is 0 Å². The van der Waals surface area contributed by atoms with Crippen LogP contribution in [0.25, 0.3) is 0 Å². The van der Waals surface area contributed by atoms with Gasteiger partial charge in [0.15, 0.2) is 0 Å². The van der Waals surface area contributed by atoms with Crippen molar-refractivity contribution >= 4 is 17.7 Å². The lowest BCUT2D eigenvalue weighted by Gasteiger charge is -2.27. The summed E-state index contributed by atoms with van der Waals surface area (Å²) in [4.78, 5) is 12.7. The number of nitrogens with zero attached hydrogens (tertiary/aromatic N) is 1. The van der Waals surface area contributed by atoms with Crippen LogP contribution in [-0.2, 0) is 14.3 Å². The topological polar surface area (TPSA) is 59.0 Å². The number of amides is 1. The Labute approximate surface area is 166 Å². The molecule has 3 rings (SSSR count). The van der Waals surface area contributed by atoms with Crippen molar-refractivity contribution in [2.75, 3.05) is 26.0 Å². The summed E-state index contributed by atoms with van der Waals surface area (Å²) in [5.41, 5.74) is 0. The summed E-state index contributed by atoms with van der Waals surface area (Å²) in [5, 5.41) is 9.70. The monoisotopic (exact) mass is 393 g/mol. The molecule has 2 saturated heterocycles. The van der Waals surface area contributed by atoms with Gasteiger partial charge in [0.1, 0.15) is 0 Å². The molecule has 1 aromatic carbocycles. The van der Waals surface area contributed by atoms with Gasteiger partial charge in [-0.05, 0) is 55.9 Å². The standard InChI is InChI=1S/C21H31NO4S/c1-22(24)21(23)9-5-6-13-25-15-18-17(19-10-11-20(18)26-19)12-14-27-16-7-3-2-4-8-16/h2-4,7-8,17-20,24H,5-6,9-15H2,1H3/t17-,18+,19-,20+/m0/s1. The van der Waals surface area contributed by atoms with Gasteiger partial charge in [0, 0.05) is 30.9 Å². The number of benzene rings is 1. The number of ether oxygens (including phenoxy) is 2. The van der Waals surface area contributed by atoms with Gasteiger partial charge in [0.25, 0.3) is 0 Å². The summed E-state index contributed by atoms with van der Waals surface area (Å²) in [5.74, 6) is 1.98. The molecular formula is C21H31NO4S. The second kappa shape index (κ2) is 10.5. The minimum atomic E-state index is -0.243. The van der Waals surface area contributed by atoms with E-state index in [9.17, 15) is 4.79 Å². The molecule has 2 aliphatic rings. The maximum atomic E-state index is 11.3. The van der Waals surface area contributed by atoms with E-state index in [1.54, 1.807) is 0 Å². The second-order valence-corrected chi connectivity index (χ2v) is 8.69. The molecule has 1 aromatic rings. The minimum absolute atomic E-state index is 0.243. The number of rotatable bonds is 11. The molecule has 27 heavy (non-hydrogen) atoms. The van der Waals surface area contributed by atoms with Crippen LogP contribution in [-0.4, -0.2) is 54.4 Å². The molecule has 2 bridgehead atoms. The molecule has 4 atom stereocenters. The molecule has 1 amide bonds. The highest BCUT2D eigenvalue weighted by Crippen LogP contribution is 2.45. The first-order valence-corrected chi connectivity index (χ1v) is 11.0. The average molecular weight is 394 g/mol. The van der Waals surface area contributed by atoms with Gasteiger partial charge in [-0.2, -0.15) is 0 Å². The fourth-order valence-corrected chi connectivity index (χ4v) is 5.17. The van der Waals surface area contributed by atoms with Crippen LogP contribution >= 0.6 is 11.8 Å². The van der Waals surface area contributed by atoms with E-state index in [2.05, 4.69) is 30.3 Å². The van der Waals surface area contributed by atoms with E-state index >= 15 is 0 Å². The summed E-state index contributed by atoms with van der Waals surface area (Å²) in [6.07, 6.45) is 6.27. The van der Waals surface area contributed by atoms with Gasteiger partial charge in [-0.3, -0.25) is 10.0 Å². The van der Waals surface area contributed by atoms with Crippen molar-refractivity contribution in [1.29, 1.82) is 0 Å². The first kappa shape index (κ1) is 20.6. The molecule has 2 aliphatic heterocycles. The lowest BCUT2D eigenvalue weighted by Crippen LogP contribution is -2.31. The zero-order valence-electron chi connectivity index (χ0n) is 16.1. The highest BCUT2D eigenvalue weighted by atomic mass is 32.2. The Balaban J connectivity index is 1.35. The third-order valence-corrected chi connectivity index (χ3v) is 6.70. The van der Waals surface area contributed by atoms with Crippen LogP contribution in [0.15, 0.2) is 35.2 Å². The molecule has 2 heterocycles. The van der Waals surface area contributed by atoms with Crippen LogP contribution in [0.1, 0.15) is 38.5 Å². The number of carbonyl (C=O) groups excluding carboxylic acids is 1. The Kier molecular flexibility index (Phi) is 8.00. The zero-order chi connectivity index (χ0) is 19.1. The van der Waals surface area contributed by atoms with E-state index in [0.29, 0.717) is 42.1 Å². The molecule has 5 nitrogen and oxygen atoms in total. The third kappa shape index (κ3) is 5.95. The van der Waals surface area contributed by atoms with E-state index in [-0.39, 0.29) is 5.91 Å². The highest BCUT2D eigenvalue weighted by molar-refractivity contribution is 7.99. The van der Waals surface area contributed by atoms with Crippen LogP contribution in [0.2, 0.25) is 0 Å². The fraction of sp³-hybridized carbons (Fsp3) is 0.667. The Bertz CT molecular complexity index is 583.